The van der Waals surface area contributed by atoms with Crippen molar-refractivity contribution in [1.29, 1.82) is 0 Å². The third kappa shape index (κ3) is 11.6. The predicted molar refractivity (Wildman–Crippen MR) is 15.5 cm³/mol. The summed E-state index contributed by atoms with van der Waals surface area (Å²) in [5.41, 5.74) is 0. The molecular formula is H5CaF3. The van der Waals surface area contributed by atoms with Crippen LogP contribution in [0.2, 0.25) is 0 Å². The molecule has 0 aromatic heterocycles. The van der Waals surface area contributed by atoms with Crippen molar-refractivity contribution in [2.24, 2.45) is 0 Å². The monoisotopic (exact) mass is 102 g/mol. The van der Waals surface area contributed by atoms with Crippen molar-refractivity contribution in [3.63, 3.8) is 0 Å². The minimum Gasteiger partial charge on any atom is -1.00 e. The Morgan fingerprint density at radius 1 is 0.750 bits per heavy atom. The van der Waals surface area contributed by atoms with E-state index in [0.717, 1.165) is 0 Å². The van der Waals surface area contributed by atoms with E-state index < -0.39 is 0 Å². The Morgan fingerprint density at radius 2 is 0.750 bits per heavy atom. The van der Waals surface area contributed by atoms with E-state index in [9.17, 15) is 0 Å². The summed E-state index contributed by atoms with van der Waals surface area (Å²) < 4.78 is 0. The van der Waals surface area contributed by atoms with Gasteiger partial charge >= 0.3 is 37.7 Å². The Kier molecular flexibility index (Phi) is 642. The molecular weight excluding hydrogens is 97.1 g/mol. The van der Waals surface area contributed by atoms with Crippen LogP contribution in [0.3, 0.4) is 0 Å². The van der Waals surface area contributed by atoms with Crippen LogP contribution in [0.1, 0.15) is 2.85 Å². The molecule has 0 bridgehead atoms. The molecule has 0 radical (unpaired) electrons. The Hall–Kier alpha value is 1.05. The molecule has 0 fully saturated rings. The molecule has 0 aromatic rings. The van der Waals surface area contributed by atoms with E-state index in [2.05, 4.69) is 0 Å². The van der Waals surface area contributed by atoms with Crippen molar-refractivity contribution < 1.29 is 17.0 Å². The second-order valence-electron chi connectivity index (χ2n) is 0. The fourth-order valence-corrected chi connectivity index (χ4v) is 0. The van der Waals surface area contributed by atoms with Crippen LogP contribution < -0.4 is 0 Å². The maximum absolute atomic E-state index is 0. The third-order valence-corrected chi connectivity index (χ3v) is 0. The van der Waals surface area contributed by atoms with Gasteiger partial charge in [0.1, 0.15) is 0 Å². The first-order chi connectivity index (χ1) is 0. The van der Waals surface area contributed by atoms with Crippen molar-refractivity contribution in [3.8, 4) is 0 Å². The van der Waals surface area contributed by atoms with Gasteiger partial charge in [0.2, 0.25) is 0 Å². The summed E-state index contributed by atoms with van der Waals surface area (Å²) in [5.74, 6) is 0. The molecule has 0 aromatic carbocycles. The number of rotatable bonds is 0. The third-order valence-electron chi connectivity index (χ3n) is 0. The van der Waals surface area contributed by atoms with E-state index in [1.807, 2.05) is 0 Å². The first-order valence-corrected chi connectivity index (χ1v) is 0. The van der Waals surface area contributed by atoms with E-state index in [1.165, 1.54) is 0 Å². The van der Waals surface area contributed by atoms with Gasteiger partial charge in [-0.1, -0.05) is 0 Å². The predicted octanol–water partition coefficient (Wildman–Crippen LogP) is 0.302. The van der Waals surface area contributed by atoms with Crippen LogP contribution in [0.4, 0.5) is 14.1 Å². The minimum atomic E-state index is 0. The largest absolute Gasteiger partial charge is 2.00 e. The summed E-state index contributed by atoms with van der Waals surface area (Å²) in [7, 11) is 0. The smallest absolute Gasteiger partial charge is 1.00 e. The molecule has 0 unspecified atom stereocenters. The van der Waals surface area contributed by atoms with Crippen LogP contribution in [0.5, 0.6) is 0 Å². The average Bonchev–Trinajstić information content (AvgIpc) is 0. The van der Waals surface area contributed by atoms with Crippen molar-refractivity contribution in [1.82, 2.24) is 0 Å². The molecule has 0 N–H and O–H groups in total. The topological polar surface area (TPSA) is 0 Å². The SMILES string of the molecule is F.F.F.[Ca+2].[H-].[H-]. The molecule has 0 aliphatic carbocycles. The fraction of sp³-hybridized carbons (Fsp3) is 0. The second kappa shape index (κ2) is 34.2. The molecule has 0 spiro atoms. The number of hydrogen-bond acceptors (Lipinski definition) is 0. The van der Waals surface area contributed by atoms with Crippen molar-refractivity contribution in [3.05, 3.63) is 0 Å². The van der Waals surface area contributed by atoms with Crippen molar-refractivity contribution >= 4 is 37.7 Å². The van der Waals surface area contributed by atoms with Gasteiger partial charge in [0.25, 0.3) is 0 Å². The van der Waals surface area contributed by atoms with Crippen LogP contribution in [-0.2, 0) is 0 Å². The summed E-state index contributed by atoms with van der Waals surface area (Å²) >= 11 is 0. The van der Waals surface area contributed by atoms with Gasteiger partial charge in [0.15, 0.2) is 0 Å². The zero-order valence-electron chi connectivity index (χ0n) is 3.93. The molecule has 4 heteroatoms. The Labute approximate surface area is 54.6 Å². The molecule has 0 atom stereocenters. The molecule has 0 aliphatic heterocycles. The maximum Gasteiger partial charge on any atom is 2.00 e. The van der Waals surface area contributed by atoms with E-state index in [1.54, 1.807) is 0 Å². The van der Waals surface area contributed by atoms with Gasteiger partial charge in [0, 0.05) is 0 Å². The van der Waals surface area contributed by atoms with Gasteiger partial charge in [-0.15, -0.1) is 0 Å². The zero-order chi connectivity index (χ0) is 0. The van der Waals surface area contributed by atoms with Crippen LogP contribution >= 0.6 is 0 Å². The van der Waals surface area contributed by atoms with E-state index in [0.29, 0.717) is 0 Å². The van der Waals surface area contributed by atoms with Crippen LogP contribution in [0.25, 0.3) is 0 Å². The molecule has 0 heterocycles. The number of halogens is 3. The van der Waals surface area contributed by atoms with Gasteiger partial charge in [-0.3, -0.25) is 14.1 Å². The summed E-state index contributed by atoms with van der Waals surface area (Å²) in [5, 5.41) is 0. The van der Waals surface area contributed by atoms with E-state index >= 15 is 0 Å². The Balaban J connectivity index is 0. The molecule has 0 aliphatic rings. The van der Waals surface area contributed by atoms with Crippen molar-refractivity contribution in [2.75, 3.05) is 0 Å². The van der Waals surface area contributed by atoms with Crippen LogP contribution in [0.15, 0.2) is 0 Å². The van der Waals surface area contributed by atoms with Gasteiger partial charge in [-0.25, -0.2) is 0 Å². The normalized spacial score (nSPS) is 0. The quantitative estimate of drug-likeness (QED) is 0.386. The first-order valence-electron chi connectivity index (χ1n) is 0. The zero-order valence-corrected chi connectivity index (χ0v) is 4.14. The first kappa shape index (κ1) is 75.2. The molecule has 0 amide bonds. The Bertz CT molecular complexity index is 8.75. The fourth-order valence-electron chi connectivity index (χ4n) is 0. The van der Waals surface area contributed by atoms with Gasteiger partial charge < -0.3 is 2.85 Å². The molecule has 0 rings (SSSR count). The Morgan fingerprint density at radius 3 is 0.750 bits per heavy atom. The van der Waals surface area contributed by atoms with Gasteiger partial charge in [-0.05, 0) is 0 Å². The summed E-state index contributed by atoms with van der Waals surface area (Å²) in [6.07, 6.45) is 0. The minimum absolute atomic E-state index is 0. The molecule has 0 saturated carbocycles. The molecule has 28 valence electrons. The summed E-state index contributed by atoms with van der Waals surface area (Å²) in [6.45, 7) is 0. The van der Waals surface area contributed by atoms with E-state index in [-0.39, 0.29) is 54.7 Å². The van der Waals surface area contributed by atoms with Crippen molar-refractivity contribution in [2.45, 2.75) is 0 Å². The van der Waals surface area contributed by atoms with Crippen LogP contribution in [0, 0.1) is 0 Å². The molecule has 0 saturated heterocycles. The average molecular weight is 102 g/mol. The second-order valence-corrected chi connectivity index (χ2v) is 0. The van der Waals surface area contributed by atoms with E-state index in [4.69, 9.17) is 0 Å². The van der Waals surface area contributed by atoms with Gasteiger partial charge in [0.05, 0.1) is 0 Å². The van der Waals surface area contributed by atoms with Gasteiger partial charge in [-0.2, -0.15) is 0 Å². The summed E-state index contributed by atoms with van der Waals surface area (Å²) in [6, 6.07) is 0. The molecule has 0 nitrogen and oxygen atoms in total. The maximum atomic E-state index is 0. The summed E-state index contributed by atoms with van der Waals surface area (Å²) in [4.78, 5) is 0. The standard InChI is InChI=1S/Ca.3FH.2H/h;3*1H;;/q+2;;;;2*-1. The number of hydrogen-bond donors (Lipinski definition) is 0. The molecule has 4 heavy (non-hydrogen) atoms. The van der Waals surface area contributed by atoms with Crippen LogP contribution in [-0.4, -0.2) is 37.7 Å².